The standard InChI is InChI=1S/C13H10BrFN2O2/c1-7-5-8(13(18)19)6-11(16-7)17-12-9(14)3-2-4-10(12)15/h2-6H,1H3,(H,16,17)(H,18,19). The van der Waals surface area contributed by atoms with E-state index in [0.29, 0.717) is 10.2 Å². The second-order valence-corrected chi connectivity index (χ2v) is 4.76. The van der Waals surface area contributed by atoms with Gasteiger partial charge in [0.2, 0.25) is 0 Å². The third-order valence-corrected chi connectivity index (χ3v) is 3.08. The quantitative estimate of drug-likeness (QED) is 0.902. The summed E-state index contributed by atoms with van der Waals surface area (Å²) in [6.07, 6.45) is 0. The van der Waals surface area contributed by atoms with E-state index in [1.807, 2.05) is 0 Å². The van der Waals surface area contributed by atoms with Crippen molar-refractivity contribution in [2.45, 2.75) is 6.92 Å². The lowest BCUT2D eigenvalue weighted by Crippen LogP contribution is -2.03. The van der Waals surface area contributed by atoms with Crippen LogP contribution in [0.25, 0.3) is 0 Å². The molecule has 0 aliphatic carbocycles. The summed E-state index contributed by atoms with van der Waals surface area (Å²) in [7, 11) is 0. The van der Waals surface area contributed by atoms with Gasteiger partial charge in [-0.2, -0.15) is 0 Å². The molecule has 0 saturated heterocycles. The molecule has 2 aromatic rings. The van der Waals surface area contributed by atoms with E-state index in [4.69, 9.17) is 5.11 Å². The van der Waals surface area contributed by atoms with Gasteiger partial charge in [-0.05, 0) is 47.1 Å². The molecule has 0 fully saturated rings. The Balaban J connectivity index is 2.41. The van der Waals surface area contributed by atoms with E-state index in [0.717, 1.165) is 0 Å². The van der Waals surface area contributed by atoms with Crippen molar-refractivity contribution in [2.75, 3.05) is 5.32 Å². The molecule has 4 nitrogen and oxygen atoms in total. The van der Waals surface area contributed by atoms with Gasteiger partial charge >= 0.3 is 5.97 Å². The van der Waals surface area contributed by atoms with Crippen LogP contribution in [0.3, 0.4) is 0 Å². The van der Waals surface area contributed by atoms with Crippen LogP contribution in [0.2, 0.25) is 0 Å². The molecule has 19 heavy (non-hydrogen) atoms. The predicted molar refractivity (Wildman–Crippen MR) is 73.3 cm³/mol. The van der Waals surface area contributed by atoms with Crippen LogP contribution < -0.4 is 5.32 Å². The molecule has 0 bridgehead atoms. The van der Waals surface area contributed by atoms with Crippen molar-refractivity contribution < 1.29 is 14.3 Å². The van der Waals surface area contributed by atoms with E-state index in [1.165, 1.54) is 18.2 Å². The van der Waals surface area contributed by atoms with Crippen molar-refractivity contribution in [2.24, 2.45) is 0 Å². The van der Waals surface area contributed by atoms with Gasteiger partial charge in [0.1, 0.15) is 11.6 Å². The SMILES string of the molecule is Cc1cc(C(=O)O)cc(Nc2c(F)cccc2Br)n1. The molecule has 0 unspecified atom stereocenters. The lowest BCUT2D eigenvalue weighted by Gasteiger charge is -2.10. The first-order chi connectivity index (χ1) is 8.97. The number of para-hydroxylation sites is 1. The van der Waals surface area contributed by atoms with Gasteiger partial charge in [-0.25, -0.2) is 14.2 Å². The molecule has 0 atom stereocenters. The molecule has 0 amide bonds. The maximum absolute atomic E-state index is 13.7. The second-order valence-electron chi connectivity index (χ2n) is 3.91. The average molecular weight is 325 g/mol. The Bertz CT molecular complexity index is 626. The van der Waals surface area contributed by atoms with E-state index in [-0.39, 0.29) is 17.1 Å². The van der Waals surface area contributed by atoms with Crippen molar-refractivity contribution in [1.29, 1.82) is 0 Å². The zero-order valence-electron chi connectivity index (χ0n) is 9.95. The fraction of sp³-hybridized carbons (Fsp3) is 0.0769. The summed E-state index contributed by atoms with van der Waals surface area (Å²) < 4.78 is 14.2. The van der Waals surface area contributed by atoms with Crippen LogP contribution in [0.5, 0.6) is 0 Å². The highest BCUT2D eigenvalue weighted by Crippen LogP contribution is 2.28. The molecule has 0 aliphatic rings. The Morgan fingerprint density at radius 1 is 1.42 bits per heavy atom. The van der Waals surface area contributed by atoms with E-state index in [2.05, 4.69) is 26.2 Å². The zero-order valence-corrected chi connectivity index (χ0v) is 11.5. The van der Waals surface area contributed by atoms with E-state index < -0.39 is 11.8 Å². The minimum atomic E-state index is -1.05. The van der Waals surface area contributed by atoms with Crippen LogP contribution in [0, 0.1) is 12.7 Å². The van der Waals surface area contributed by atoms with Crippen LogP contribution in [0.1, 0.15) is 16.1 Å². The number of aromatic carboxylic acids is 1. The van der Waals surface area contributed by atoms with Crippen LogP contribution in [-0.2, 0) is 0 Å². The third-order valence-electron chi connectivity index (χ3n) is 2.42. The summed E-state index contributed by atoms with van der Waals surface area (Å²) in [4.78, 5) is 15.1. The van der Waals surface area contributed by atoms with Gasteiger partial charge < -0.3 is 10.4 Å². The first-order valence-corrected chi connectivity index (χ1v) is 6.19. The fourth-order valence-electron chi connectivity index (χ4n) is 1.60. The van der Waals surface area contributed by atoms with Gasteiger partial charge in [0.05, 0.1) is 11.3 Å². The largest absolute Gasteiger partial charge is 0.478 e. The molecular weight excluding hydrogens is 315 g/mol. The maximum Gasteiger partial charge on any atom is 0.335 e. The van der Waals surface area contributed by atoms with Crippen molar-refractivity contribution in [3.63, 3.8) is 0 Å². The van der Waals surface area contributed by atoms with Gasteiger partial charge in [0.15, 0.2) is 0 Å². The van der Waals surface area contributed by atoms with E-state index in [1.54, 1.807) is 19.1 Å². The van der Waals surface area contributed by atoms with E-state index >= 15 is 0 Å². The molecule has 6 heteroatoms. The number of aryl methyl sites for hydroxylation is 1. The lowest BCUT2D eigenvalue weighted by molar-refractivity contribution is 0.0696. The number of aromatic nitrogens is 1. The first-order valence-electron chi connectivity index (χ1n) is 5.40. The summed E-state index contributed by atoms with van der Waals surface area (Å²) in [6, 6.07) is 7.36. The molecule has 0 spiro atoms. The molecule has 1 aromatic carbocycles. The molecule has 0 radical (unpaired) electrons. The first kappa shape index (κ1) is 13.5. The normalized spacial score (nSPS) is 10.3. The smallest absolute Gasteiger partial charge is 0.335 e. The van der Waals surface area contributed by atoms with Gasteiger partial charge in [0, 0.05) is 10.2 Å². The topological polar surface area (TPSA) is 62.2 Å². The highest BCUT2D eigenvalue weighted by Gasteiger charge is 2.10. The Kier molecular flexibility index (Phi) is 3.80. The number of nitrogens with one attached hydrogen (secondary N) is 1. The Morgan fingerprint density at radius 3 is 2.79 bits per heavy atom. The van der Waals surface area contributed by atoms with Crippen LogP contribution >= 0.6 is 15.9 Å². The molecule has 1 heterocycles. The van der Waals surface area contributed by atoms with Crippen LogP contribution in [0.4, 0.5) is 15.9 Å². The Hall–Kier alpha value is -1.95. The van der Waals surface area contributed by atoms with Crippen LogP contribution in [-0.4, -0.2) is 16.1 Å². The molecule has 2 N–H and O–H groups in total. The number of pyridine rings is 1. The average Bonchev–Trinajstić information content (AvgIpc) is 2.33. The summed E-state index contributed by atoms with van der Waals surface area (Å²) in [5.74, 6) is -1.22. The summed E-state index contributed by atoms with van der Waals surface area (Å²) >= 11 is 3.22. The minimum absolute atomic E-state index is 0.0995. The molecular formula is C13H10BrFN2O2. The number of rotatable bonds is 3. The van der Waals surface area contributed by atoms with Gasteiger partial charge in [-0.1, -0.05) is 6.07 Å². The third kappa shape index (κ3) is 3.08. The molecule has 1 aromatic heterocycles. The number of hydrogen-bond acceptors (Lipinski definition) is 3. The lowest BCUT2D eigenvalue weighted by atomic mass is 10.2. The van der Waals surface area contributed by atoms with Crippen molar-refractivity contribution >= 4 is 33.4 Å². The van der Waals surface area contributed by atoms with Gasteiger partial charge in [-0.3, -0.25) is 0 Å². The number of carboxylic acid groups (broad SMARTS) is 1. The number of carboxylic acids is 1. The predicted octanol–water partition coefficient (Wildman–Crippen LogP) is 3.73. The number of nitrogens with zero attached hydrogens (tertiary/aromatic N) is 1. The minimum Gasteiger partial charge on any atom is -0.478 e. The number of hydrogen-bond donors (Lipinski definition) is 2. The second kappa shape index (κ2) is 5.36. The van der Waals surface area contributed by atoms with Gasteiger partial charge in [0.25, 0.3) is 0 Å². The highest BCUT2D eigenvalue weighted by atomic mass is 79.9. The summed E-state index contributed by atoms with van der Waals surface area (Å²) in [5.41, 5.74) is 0.856. The van der Waals surface area contributed by atoms with Gasteiger partial charge in [-0.15, -0.1) is 0 Å². The zero-order chi connectivity index (χ0) is 14.0. The van der Waals surface area contributed by atoms with Crippen molar-refractivity contribution in [3.8, 4) is 0 Å². The van der Waals surface area contributed by atoms with Crippen LogP contribution in [0.15, 0.2) is 34.8 Å². The summed E-state index contributed by atoms with van der Waals surface area (Å²) in [6.45, 7) is 1.67. The van der Waals surface area contributed by atoms with Crippen molar-refractivity contribution in [3.05, 3.63) is 51.9 Å². The van der Waals surface area contributed by atoms with Crippen molar-refractivity contribution in [1.82, 2.24) is 4.98 Å². The number of carbonyl (C=O) groups is 1. The summed E-state index contributed by atoms with van der Waals surface area (Å²) in [5, 5.41) is 11.8. The Labute approximate surface area is 117 Å². The number of anilines is 2. The monoisotopic (exact) mass is 324 g/mol. The maximum atomic E-state index is 13.7. The van der Waals surface area contributed by atoms with E-state index in [9.17, 15) is 9.18 Å². The molecule has 98 valence electrons. The molecule has 0 aliphatic heterocycles. The molecule has 0 saturated carbocycles. The highest BCUT2D eigenvalue weighted by molar-refractivity contribution is 9.10. The fourth-order valence-corrected chi connectivity index (χ4v) is 2.04. The number of halogens is 2. The number of benzene rings is 1. The molecule has 2 rings (SSSR count). The Morgan fingerprint density at radius 2 is 2.16 bits per heavy atom.